The normalized spacial score (nSPS) is 23.4. The Morgan fingerprint density at radius 3 is 2.74 bits per heavy atom. The fourth-order valence-corrected chi connectivity index (χ4v) is 2.45. The lowest BCUT2D eigenvalue weighted by Gasteiger charge is -2.35. The lowest BCUT2D eigenvalue weighted by Crippen LogP contribution is -2.42. The van der Waals surface area contributed by atoms with Crippen molar-refractivity contribution in [3.63, 3.8) is 0 Å². The van der Waals surface area contributed by atoms with Gasteiger partial charge in [-0.1, -0.05) is 5.16 Å². The Morgan fingerprint density at radius 2 is 2.16 bits per heavy atom. The summed E-state index contributed by atoms with van der Waals surface area (Å²) in [7, 11) is 0. The highest BCUT2D eigenvalue weighted by Crippen LogP contribution is 2.39. The van der Waals surface area contributed by atoms with E-state index in [-0.39, 0.29) is 0 Å². The van der Waals surface area contributed by atoms with E-state index in [0.717, 1.165) is 37.6 Å². The maximum atomic E-state index is 11.2. The first-order valence-electron chi connectivity index (χ1n) is 6.85. The molecular formula is C13H19N3O3. The molecule has 1 N–H and O–H groups in total. The molecule has 2 aliphatic rings. The summed E-state index contributed by atoms with van der Waals surface area (Å²) >= 11 is 0. The number of likely N-dealkylation sites (tertiary alicyclic amines) is 1. The van der Waals surface area contributed by atoms with E-state index in [9.17, 15) is 9.90 Å². The second kappa shape index (κ2) is 4.59. The largest absolute Gasteiger partial charge is 0.481 e. The molecule has 0 radical (unpaired) electrons. The first-order chi connectivity index (χ1) is 9.07. The van der Waals surface area contributed by atoms with Crippen molar-refractivity contribution in [2.24, 2.45) is 5.41 Å². The summed E-state index contributed by atoms with van der Waals surface area (Å²) in [5, 5.41) is 13.2. The smallest absolute Gasteiger partial charge is 0.309 e. The van der Waals surface area contributed by atoms with Crippen LogP contribution in [0.15, 0.2) is 4.52 Å². The van der Waals surface area contributed by atoms with Gasteiger partial charge in [-0.2, -0.15) is 4.98 Å². The van der Waals surface area contributed by atoms with Crippen LogP contribution >= 0.6 is 0 Å². The van der Waals surface area contributed by atoms with Crippen LogP contribution in [-0.4, -0.2) is 39.2 Å². The minimum atomic E-state index is -0.692. The van der Waals surface area contributed by atoms with Crippen LogP contribution in [0.1, 0.15) is 50.2 Å². The standard InChI is InChI=1S/C13H19N3O3/c1-13(12(17)18)4-6-16(7-5-13)8-10-14-11(19-15-10)9-2-3-9/h9H,2-8H2,1H3,(H,17,18). The number of carboxylic acid groups (broad SMARTS) is 1. The van der Waals surface area contributed by atoms with Crippen molar-refractivity contribution in [2.45, 2.75) is 45.1 Å². The van der Waals surface area contributed by atoms with Gasteiger partial charge >= 0.3 is 5.97 Å². The second-order valence-corrected chi connectivity index (χ2v) is 5.97. The molecule has 0 bridgehead atoms. The summed E-state index contributed by atoms with van der Waals surface area (Å²) in [6.07, 6.45) is 3.66. The number of aliphatic carboxylic acids is 1. The number of rotatable bonds is 4. The van der Waals surface area contributed by atoms with Gasteiger partial charge in [-0.05, 0) is 45.7 Å². The third-order valence-corrected chi connectivity index (χ3v) is 4.25. The summed E-state index contributed by atoms with van der Waals surface area (Å²) < 4.78 is 5.23. The lowest BCUT2D eigenvalue weighted by atomic mass is 9.80. The molecule has 1 aliphatic carbocycles. The van der Waals surface area contributed by atoms with Crippen LogP contribution in [0, 0.1) is 5.41 Å². The molecule has 0 aromatic carbocycles. The number of hydrogen-bond acceptors (Lipinski definition) is 5. The van der Waals surface area contributed by atoms with Crippen LogP contribution in [0.4, 0.5) is 0 Å². The average Bonchev–Trinajstić information content (AvgIpc) is 3.13. The van der Waals surface area contributed by atoms with Crippen molar-refractivity contribution < 1.29 is 14.4 Å². The molecule has 1 saturated heterocycles. The van der Waals surface area contributed by atoms with E-state index < -0.39 is 11.4 Å². The SMILES string of the molecule is CC1(C(=O)O)CCN(Cc2noc(C3CC3)n2)CC1. The quantitative estimate of drug-likeness (QED) is 0.891. The maximum absolute atomic E-state index is 11.2. The topological polar surface area (TPSA) is 79.5 Å². The molecule has 6 nitrogen and oxygen atoms in total. The molecule has 1 aliphatic heterocycles. The van der Waals surface area contributed by atoms with Gasteiger partial charge in [0.2, 0.25) is 5.89 Å². The van der Waals surface area contributed by atoms with E-state index in [1.54, 1.807) is 0 Å². The molecule has 0 spiro atoms. The van der Waals surface area contributed by atoms with Gasteiger partial charge in [0, 0.05) is 5.92 Å². The van der Waals surface area contributed by atoms with Crippen molar-refractivity contribution in [3.05, 3.63) is 11.7 Å². The van der Waals surface area contributed by atoms with Crippen LogP contribution in [0.5, 0.6) is 0 Å². The van der Waals surface area contributed by atoms with Crippen LogP contribution in [-0.2, 0) is 11.3 Å². The number of aromatic nitrogens is 2. The van der Waals surface area contributed by atoms with Crippen LogP contribution in [0.25, 0.3) is 0 Å². The van der Waals surface area contributed by atoms with Gasteiger partial charge in [0.05, 0.1) is 12.0 Å². The molecule has 19 heavy (non-hydrogen) atoms. The van der Waals surface area contributed by atoms with Crippen LogP contribution in [0.2, 0.25) is 0 Å². The predicted octanol–water partition coefficient (Wildman–Crippen LogP) is 1.63. The summed E-state index contributed by atoms with van der Waals surface area (Å²) in [4.78, 5) is 17.8. The number of nitrogens with zero attached hydrogens (tertiary/aromatic N) is 3. The summed E-state index contributed by atoms with van der Waals surface area (Å²) in [5.74, 6) is 1.28. The molecule has 0 amide bonds. The molecule has 2 heterocycles. The molecule has 3 rings (SSSR count). The fourth-order valence-electron chi connectivity index (χ4n) is 2.45. The van der Waals surface area contributed by atoms with Gasteiger partial charge < -0.3 is 9.63 Å². The predicted molar refractivity (Wildman–Crippen MR) is 66.5 cm³/mol. The number of piperidine rings is 1. The second-order valence-electron chi connectivity index (χ2n) is 5.97. The Kier molecular flexibility index (Phi) is 3.05. The van der Waals surface area contributed by atoms with Crippen LogP contribution in [0.3, 0.4) is 0 Å². The van der Waals surface area contributed by atoms with Crippen molar-refractivity contribution in [3.8, 4) is 0 Å². The van der Waals surface area contributed by atoms with Gasteiger partial charge in [-0.3, -0.25) is 9.69 Å². The average molecular weight is 265 g/mol. The zero-order valence-electron chi connectivity index (χ0n) is 11.1. The maximum Gasteiger partial charge on any atom is 0.309 e. The van der Waals surface area contributed by atoms with E-state index in [1.807, 2.05) is 6.92 Å². The minimum absolute atomic E-state index is 0.484. The molecule has 0 atom stereocenters. The molecule has 6 heteroatoms. The molecular weight excluding hydrogens is 246 g/mol. The number of carbonyl (C=O) groups is 1. The van der Waals surface area contributed by atoms with Gasteiger partial charge in [-0.25, -0.2) is 0 Å². The highest BCUT2D eigenvalue weighted by molar-refractivity contribution is 5.74. The summed E-state index contributed by atoms with van der Waals surface area (Å²) in [6.45, 7) is 4.03. The Hall–Kier alpha value is -1.43. The van der Waals surface area contributed by atoms with Crippen molar-refractivity contribution >= 4 is 5.97 Å². The molecule has 1 aromatic rings. The lowest BCUT2D eigenvalue weighted by molar-refractivity contribution is -0.150. The van der Waals surface area contributed by atoms with Crippen molar-refractivity contribution in [2.75, 3.05) is 13.1 Å². The Balaban J connectivity index is 1.55. The summed E-state index contributed by atoms with van der Waals surface area (Å²) in [5.41, 5.74) is -0.576. The van der Waals surface area contributed by atoms with Gasteiger partial charge in [0.1, 0.15) is 0 Å². The van der Waals surface area contributed by atoms with Crippen LogP contribution < -0.4 is 0 Å². The van der Waals surface area contributed by atoms with E-state index in [1.165, 1.54) is 0 Å². The number of carboxylic acids is 1. The van der Waals surface area contributed by atoms with E-state index >= 15 is 0 Å². The number of hydrogen-bond donors (Lipinski definition) is 1. The molecule has 0 unspecified atom stereocenters. The highest BCUT2D eigenvalue weighted by atomic mass is 16.5. The Morgan fingerprint density at radius 1 is 1.47 bits per heavy atom. The van der Waals surface area contributed by atoms with E-state index in [0.29, 0.717) is 25.3 Å². The van der Waals surface area contributed by atoms with Crippen molar-refractivity contribution in [1.29, 1.82) is 0 Å². The molecule has 104 valence electrons. The molecule has 2 fully saturated rings. The van der Waals surface area contributed by atoms with Gasteiger partial charge in [0.15, 0.2) is 5.82 Å². The molecule has 1 saturated carbocycles. The minimum Gasteiger partial charge on any atom is -0.481 e. The monoisotopic (exact) mass is 265 g/mol. The zero-order valence-corrected chi connectivity index (χ0v) is 11.1. The first kappa shape index (κ1) is 12.6. The summed E-state index contributed by atoms with van der Waals surface area (Å²) in [6, 6.07) is 0. The third kappa shape index (κ3) is 2.63. The van der Waals surface area contributed by atoms with E-state index in [4.69, 9.17) is 4.52 Å². The van der Waals surface area contributed by atoms with E-state index in [2.05, 4.69) is 15.0 Å². The Bertz CT molecular complexity index is 473. The molecule has 1 aromatic heterocycles. The van der Waals surface area contributed by atoms with Gasteiger partial charge in [-0.15, -0.1) is 0 Å². The first-order valence-corrected chi connectivity index (χ1v) is 6.85. The fraction of sp³-hybridized carbons (Fsp3) is 0.769. The van der Waals surface area contributed by atoms with Gasteiger partial charge in [0.25, 0.3) is 0 Å². The van der Waals surface area contributed by atoms with Crippen molar-refractivity contribution in [1.82, 2.24) is 15.0 Å². The zero-order chi connectivity index (χ0) is 13.5. The third-order valence-electron chi connectivity index (χ3n) is 4.25. The highest BCUT2D eigenvalue weighted by Gasteiger charge is 2.37. The Labute approximate surface area is 111 Å².